The van der Waals surface area contributed by atoms with E-state index in [1.165, 1.54) is 23.8 Å². The molecule has 2 unspecified atom stereocenters. The average molecular weight is 1150 g/mol. The molecule has 1 aliphatic rings. The standard InChI is InChI=1S/C47H71N7O12.C9H19NO2.CH2O2/c1-14-54(44(61)66-47(10,11)12)22-19-37(55)50-28-38(56)53(13)39-32-16-18-36(63-24-21-49-43(60)65-46(7,8)9)34(27-32)33-26-31(25-29(2)51-40(57)30(3)52-41(39)58)15-17-35(33)62-23-20-48-42(59)64-45(4,5)6;1-5-6-7-10-8(11)12-9(2,3)4;2-1-3/h15-18,26-27,29-30,39H,14,19-25,28H2,1-13H3,(H,48,59)(H,49,60)(H,50,55)(H,51,57)(H,52,58);5-7H2,1-4H3,(H,10,11);1H,(H,2,3)/t29?,30-,39?;;/m0../s1. The summed E-state index contributed by atoms with van der Waals surface area (Å²) in [5, 5.41) is 23.2. The summed E-state index contributed by atoms with van der Waals surface area (Å²) < 4.78 is 33.7. The molecular formula is C57H92N8O16. The van der Waals surface area contributed by atoms with Gasteiger partial charge in [0, 0.05) is 50.3 Å². The number of carbonyl (C=O) groups excluding carboxylic acids is 8. The first-order valence-corrected chi connectivity index (χ1v) is 27.2. The van der Waals surface area contributed by atoms with Gasteiger partial charge in [-0.1, -0.05) is 25.5 Å². The Morgan fingerprint density at radius 3 is 1.60 bits per heavy atom. The number of benzene rings is 2. The molecule has 1 heterocycles. The maximum absolute atomic E-state index is 14.3. The van der Waals surface area contributed by atoms with Crippen LogP contribution in [0.25, 0.3) is 11.1 Å². The molecule has 1 aliphatic heterocycles. The molecule has 456 valence electrons. The zero-order valence-electron chi connectivity index (χ0n) is 50.7. The number of nitrogens with one attached hydrogen (secondary N) is 6. The number of amides is 8. The third kappa shape index (κ3) is 30.0. The Morgan fingerprint density at radius 1 is 0.667 bits per heavy atom. The number of hydrogen-bond acceptors (Lipinski definition) is 15. The average Bonchev–Trinajstić information content (AvgIpc) is 3.47. The fourth-order valence-corrected chi connectivity index (χ4v) is 7.19. The first kappa shape index (κ1) is 71.5. The van der Waals surface area contributed by atoms with Crippen LogP contribution in [0.1, 0.15) is 147 Å². The number of likely N-dealkylation sites (N-methyl/N-ethyl adjacent to an activating group) is 1. The lowest BCUT2D eigenvalue weighted by molar-refractivity contribution is -0.140. The maximum Gasteiger partial charge on any atom is 0.410 e. The van der Waals surface area contributed by atoms with Crippen molar-refractivity contribution < 1.29 is 76.7 Å². The monoisotopic (exact) mass is 1140 g/mol. The summed E-state index contributed by atoms with van der Waals surface area (Å²) in [5.74, 6) is -1.53. The van der Waals surface area contributed by atoms with E-state index in [1.54, 1.807) is 93.5 Å². The van der Waals surface area contributed by atoms with Crippen molar-refractivity contribution in [1.82, 2.24) is 41.7 Å². The van der Waals surface area contributed by atoms with Crippen molar-refractivity contribution in [3.8, 4) is 22.6 Å². The SMILES string of the molecule is CCCCNC(=O)OC(C)(C)C.CCN(CCC(=O)NCC(=O)N(C)C1C(=O)N[C@@H](C)C(=O)NC(C)Cc2ccc(OCCNC(=O)OC(C)(C)C)c(c2)-c2cc1ccc2OCCNC(=O)OC(C)(C)C)C(=O)OC(C)(C)C.O=CO. The zero-order chi connectivity index (χ0) is 61.9. The van der Waals surface area contributed by atoms with Crippen molar-refractivity contribution in [2.24, 2.45) is 0 Å². The first-order chi connectivity index (χ1) is 37.5. The van der Waals surface area contributed by atoms with Crippen LogP contribution in [-0.2, 0) is 49.3 Å². The van der Waals surface area contributed by atoms with Gasteiger partial charge in [0.05, 0.1) is 19.6 Å². The largest absolute Gasteiger partial charge is 0.491 e. The summed E-state index contributed by atoms with van der Waals surface area (Å²) in [6.07, 6.45) is 0.241. The molecule has 3 atom stereocenters. The van der Waals surface area contributed by atoms with E-state index in [0.717, 1.165) is 18.4 Å². The van der Waals surface area contributed by atoms with Gasteiger partial charge in [-0.2, -0.15) is 0 Å². The lowest BCUT2D eigenvalue weighted by Crippen LogP contribution is -2.52. The molecule has 24 heteroatoms. The topological polar surface area (TPSA) is 308 Å². The van der Waals surface area contributed by atoms with Crippen molar-refractivity contribution in [1.29, 1.82) is 0 Å². The Balaban J connectivity index is 0.00000191. The molecule has 81 heavy (non-hydrogen) atoms. The fraction of sp³-hybridized carbons (Fsp3) is 0.632. The Bertz CT molecular complexity index is 2390. The van der Waals surface area contributed by atoms with Crippen molar-refractivity contribution in [2.45, 2.75) is 177 Å². The molecule has 24 nitrogen and oxygen atoms in total. The van der Waals surface area contributed by atoms with Crippen molar-refractivity contribution in [3.05, 3.63) is 47.5 Å². The summed E-state index contributed by atoms with van der Waals surface area (Å²) in [7, 11) is 1.41. The lowest BCUT2D eigenvalue weighted by atomic mass is 9.94. The Kier molecular flexibility index (Phi) is 29.9. The minimum atomic E-state index is -1.33. The molecule has 0 radical (unpaired) electrons. The first-order valence-electron chi connectivity index (χ1n) is 27.2. The van der Waals surface area contributed by atoms with E-state index in [0.29, 0.717) is 47.7 Å². The van der Waals surface area contributed by atoms with Gasteiger partial charge in [0.2, 0.25) is 23.6 Å². The van der Waals surface area contributed by atoms with E-state index in [9.17, 15) is 38.4 Å². The van der Waals surface area contributed by atoms with Crippen LogP contribution in [0.3, 0.4) is 0 Å². The molecule has 0 saturated heterocycles. The number of fused-ring (bicyclic) bond motifs is 5. The molecule has 0 fully saturated rings. The van der Waals surface area contributed by atoms with Crippen LogP contribution < -0.4 is 41.4 Å². The highest BCUT2D eigenvalue weighted by atomic mass is 16.6. The van der Waals surface area contributed by atoms with Gasteiger partial charge in [0.15, 0.2) is 0 Å². The van der Waals surface area contributed by atoms with Crippen LogP contribution in [-0.4, -0.2) is 163 Å². The molecule has 0 aromatic heterocycles. The van der Waals surface area contributed by atoms with E-state index in [-0.39, 0.29) is 57.9 Å². The highest BCUT2D eigenvalue weighted by molar-refractivity contribution is 5.94. The number of alkyl carbamates (subject to hydrolysis) is 3. The van der Waals surface area contributed by atoms with Crippen molar-refractivity contribution >= 4 is 54.5 Å². The Hall–Kier alpha value is -7.53. The molecule has 0 aliphatic carbocycles. The number of hydrogen-bond donors (Lipinski definition) is 7. The van der Waals surface area contributed by atoms with Gasteiger partial charge in [-0.3, -0.25) is 24.0 Å². The second kappa shape index (κ2) is 33.9. The van der Waals surface area contributed by atoms with Gasteiger partial charge in [0.1, 0.15) is 59.2 Å². The summed E-state index contributed by atoms with van der Waals surface area (Å²) in [6, 6.07) is 7.71. The van der Waals surface area contributed by atoms with E-state index < -0.39 is 82.9 Å². The van der Waals surface area contributed by atoms with E-state index >= 15 is 0 Å². The Labute approximate surface area is 478 Å². The van der Waals surface area contributed by atoms with Gasteiger partial charge >= 0.3 is 24.4 Å². The quantitative estimate of drug-likeness (QED) is 0.0449. The molecule has 7 N–H and O–H groups in total. The van der Waals surface area contributed by atoms with Crippen molar-refractivity contribution in [2.75, 3.05) is 59.5 Å². The van der Waals surface area contributed by atoms with E-state index in [2.05, 4.69) is 38.8 Å². The number of rotatable bonds is 18. The van der Waals surface area contributed by atoms with Crippen LogP contribution in [0.15, 0.2) is 36.4 Å². The van der Waals surface area contributed by atoms with Crippen LogP contribution in [0.4, 0.5) is 19.2 Å². The van der Waals surface area contributed by atoms with Gasteiger partial charge in [-0.25, -0.2) is 19.2 Å². The summed E-state index contributed by atoms with van der Waals surface area (Å²) in [6.45, 7) is 29.1. The number of carboxylic acid groups (broad SMARTS) is 1. The number of unbranched alkanes of at least 4 members (excludes halogenated alkanes) is 1. The minimum absolute atomic E-state index is 0.0116. The van der Waals surface area contributed by atoms with Gasteiger partial charge in [-0.05, 0) is 152 Å². The minimum Gasteiger partial charge on any atom is -0.491 e. The summed E-state index contributed by atoms with van der Waals surface area (Å²) >= 11 is 0. The third-order valence-electron chi connectivity index (χ3n) is 10.7. The predicted octanol–water partition coefficient (Wildman–Crippen LogP) is 7.00. The van der Waals surface area contributed by atoms with Crippen LogP contribution in [0.5, 0.6) is 11.5 Å². The third-order valence-corrected chi connectivity index (χ3v) is 10.7. The molecule has 2 aromatic carbocycles. The van der Waals surface area contributed by atoms with Crippen LogP contribution >= 0.6 is 0 Å². The van der Waals surface area contributed by atoms with Crippen LogP contribution in [0.2, 0.25) is 0 Å². The Morgan fingerprint density at radius 2 is 1.14 bits per heavy atom. The zero-order valence-corrected chi connectivity index (χ0v) is 50.7. The molecule has 2 aromatic rings. The number of ether oxygens (including phenoxy) is 6. The van der Waals surface area contributed by atoms with Gasteiger partial charge < -0.3 is 75.2 Å². The molecule has 8 amide bonds. The van der Waals surface area contributed by atoms with E-state index in [1.807, 2.05) is 39.8 Å². The highest BCUT2D eigenvalue weighted by Gasteiger charge is 2.33. The predicted molar refractivity (Wildman–Crippen MR) is 305 cm³/mol. The maximum atomic E-state index is 14.3. The van der Waals surface area contributed by atoms with Gasteiger partial charge in [-0.15, -0.1) is 0 Å². The normalized spacial score (nSPS) is 15.2. The molecule has 0 saturated carbocycles. The molecule has 0 spiro atoms. The van der Waals surface area contributed by atoms with Gasteiger partial charge in [0.25, 0.3) is 6.47 Å². The van der Waals surface area contributed by atoms with E-state index in [4.69, 9.17) is 38.3 Å². The molecular weight excluding hydrogens is 1050 g/mol. The lowest BCUT2D eigenvalue weighted by Gasteiger charge is -2.30. The number of nitrogens with zero attached hydrogens (tertiary/aromatic N) is 2. The summed E-state index contributed by atoms with van der Waals surface area (Å²) in [5.41, 5.74) is -0.397. The number of carbonyl (C=O) groups is 9. The smallest absolute Gasteiger partial charge is 0.410 e. The highest BCUT2D eigenvalue weighted by Crippen LogP contribution is 2.40. The summed E-state index contributed by atoms with van der Waals surface area (Å²) in [4.78, 5) is 114. The molecule has 4 bridgehead atoms. The molecule has 3 rings (SSSR count). The van der Waals surface area contributed by atoms with Crippen molar-refractivity contribution in [3.63, 3.8) is 0 Å². The van der Waals surface area contributed by atoms with Crippen LogP contribution in [0, 0.1) is 0 Å². The second-order valence-corrected chi connectivity index (χ2v) is 22.9. The fourth-order valence-electron chi connectivity index (χ4n) is 7.19. The second-order valence-electron chi connectivity index (χ2n) is 22.9.